The highest BCUT2D eigenvalue weighted by molar-refractivity contribution is 5.90. The molecule has 0 spiro atoms. The maximum Gasteiger partial charge on any atom is 0.321 e. The average molecular weight is 375 g/mol. The summed E-state index contributed by atoms with van der Waals surface area (Å²) in [4.78, 5) is 37.2. The fraction of sp³-hybridized carbons (Fsp3) is 0.526. The number of urea groups is 1. The van der Waals surface area contributed by atoms with Crippen molar-refractivity contribution >= 4 is 23.6 Å². The van der Waals surface area contributed by atoms with E-state index in [4.69, 9.17) is 4.74 Å². The lowest BCUT2D eigenvalue weighted by atomic mass is 9.81. The molecule has 146 valence electrons. The lowest BCUT2D eigenvalue weighted by molar-refractivity contribution is -0.149. The maximum absolute atomic E-state index is 12.5. The van der Waals surface area contributed by atoms with E-state index in [-0.39, 0.29) is 31.0 Å². The lowest BCUT2D eigenvalue weighted by Gasteiger charge is -2.23. The number of carboxylic acid groups (broad SMARTS) is 1. The number of hydrogen-bond acceptors (Lipinski definition) is 4. The second-order valence-electron chi connectivity index (χ2n) is 7.13. The Kier molecular flexibility index (Phi) is 5.53. The Morgan fingerprint density at radius 1 is 1.30 bits per heavy atom. The summed E-state index contributed by atoms with van der Waals surface area (Å²) in [7, 11) is 0. The molecule has 0 radical (unpaired) electrons. The fourth-order valence-electron chi connectivity index (χ4n) is 4.03. The molecule has 1 heterocycles. The molecule has 2 fully saturated rings. The van der Waals surface area contributed by atoms with Crippen LogP contribution in [0.4, 0.5) is 10.5 Å². The van der Waals surface area contributed by atoms with Gasteiger partial charge in [-0.05, 0) is 49.9 Å². The number of nitrogens with zero attached hydrogens (tertiary/aromatic N) is 1. The number of hydrogen-bond donors (Lipinski definition) is 3. The Balaban J connectivity index is 1.54. The van der Waals surface area contributed by atoms with Crippen LogP contribution in [0.3, 0.4) is 0 Å². The molecule has 1 saturated carbocycles. The SMILES string of the molecule is CCNC(=O)COc1ccc(NC(=O)N2C[C@@H]3CCC[C@@]3(C(=O)O)C2)cc1. The van der Waals surface area contributed by atoms with Crippen molar-refractivity contribution in [3.05, 3.63) is 24.3 Å². The van der Waals surface area contributed by atoms with Gasteiger partial charge < -0.3 is 25.4 Å². The van der Waals surface area contributed by atoms with Gasteiger partial charge >= 0.3 is 12.0 Å². The van der Waals surface area contributed by atoms with Crippen LogP contribution in [0.2, 0.25) is 0 Å². The van der Waals surface area contributed by atoms with Gasteiger partial charge in [0.25, 0.3) is 5.91 Å². The molecule has 1 aromatic rings. The monoisotopic (exact) mass is 375 g/mol. The molecule has 1 aliphatic heterocycles. The Morgan fingerprint density at radius 2 is 2.04 bits per heavy atom. The first-order chi connectivity index (χ1) is 12.9. The van der Waals surface area contributed by atoms with Gasteiger partial charge in [-0.25, -0.2) is 4.79 Å². The summed E-state index contributed by atoms with van der Waals surface area (Å²) < 4.78 is 5.37. The van der Waals surface area contributed by atoms with E-state index < -0.39 is 11.4 Å². The number of anilines is 1. The summed E-state index contributed by atoms with van der Waals surface area (Å²) in [6.45, 7) is 3.05. The summed E-state index contributed by atoms with van der Waals surface area (Å²) in [6.07, 6.45) is 2.40. The van der Waals surface area contributed by atoms with Crippen molar-refractivity contribution in [2.45, 2.75) is 26.2 Å². The molecule has 8 nitrogen and oxygen atoms in total. The Labute approximate surface area is 157 Å². The highest BCUT2D eigenvalue weighted by Gasteiger charge is 2.55. The lowest BCUT2D eigenvalue weighted by Crippen LogP contribution is -2.38. The van der Waals surface area contributed by atoms with Gasteiger partial charge in [-0.1, -0.05) is 6.42 Å². The summed E-state index contributed by atoms with van der Waals surface area (Å²) in [5.74, 6) is -0.429. The molecule has 3 amide bonds. The van der Waals surface area contributed by atoms with Gasteiger partial charge in [-0.3, -0.25) is 9.59 Å². The van der Waals surface area contributed by atoms with Crippen molar-refractivity contribution in [2.75, 3.05) is 31.6 Å². The van der Waals surface area contributed by atoms with E-state index in [9.17, 15) is 19.5 Å². The van der Waals surface area contributed by atoms with Gasteiger partial charge in [0.1, 0.15) is 5.75 Å². The second kappa shape index (κ2) is 7.85. The van der Waals surface area contributed by atoms with Crippen molar-refractivity contribution in [2.24, 2.45) is 11.3 Å². The molecular weight excluding hydrogens is 350 g/mol. The minimum absolute atomic E-state index is 0.0331. The zero-order valence-corrected chi connectivity index (χ0v) is 15.4. The number of benzene rings is 1. The van der Waals surface area contributed by atoms with Crippen LogP contribution in [0.25, 0.3) is 0 Å². The number of carbonyl (C=O) groups is 3. The molecular formula is C19H25N3O5. The van der Waals surface area contributed by atoms with E-state index in [0.29, 0.717) is 30.9 Å². The van der Waals surface area contributed by atoms with Crippen LogP contribution in [-0.2, 0) is 9.59 Å². The molecule has 1 aliphatic carbocycles. The van der Waals surface area contributed by atoms with E-state index in [1.807, 2.05) is 6.92 Å². The van der Waals surface area contributed by atoms with Gasteiger partial charge in [-0.15, -0.1) is 0 Å². The molecule has 2 atom stereocenters. The van der Waals surface area contributed by atoms with E-state index >= 15 is 0 Å². The van der Waals surface area contributed by atoms with Gasteiger partial charge in [0.05, 0.1) is 5.41 Å². The molecule has 27 heavy (non-hydrogen) atoms. The Morgan fingerprint density at radius 3 is 2.67 bits per heavy atom. The number of amides is 3. The van der Waals surface area contributed by atoms with Crippen LogP contribution in [0.1, 0.15) is 26.2 Å². The highest BCUT2D eigenvalue weighted by atomic mass is 16.5. The van der Waals surface area contributed by atoms with E-state index in [0.717, 1.165) is 12.8 Å². The van der Waals surface area contributed by atoms with Crippen LogP contribution in [0.15, 0.2) is 24.3 Å². The molecule has 0 aromatic heterocycles. The van der Waals surface area contributed by atoms with E-state index in [2.05, 4.69) is 10.6 Å². The second-order valence-corrected chi connectivity index (χ2v) is 7.13. The number of aliphatic carboxylic acids is 1. The molecule has 0 bridgehead atoms. The van der Waals surface area contributed by atoms with E-state index in [1.54, 1.807) is 29.2 Å². The zero-order valence-electron chi connectivity index (χ0n) is 15.4. The number of ether oxygens (including phenoxy) is 1. The number of fused-ring (bicyclic) bond motifs is 1. The minimum Gasteiger partial charge on any atom is -0.484 e. The predicted octanol–water partition coefficient (Wildman–Crippen LogP) is 1.92. The highest BCUT2D eigenvalue weighted by Crippen LogP contribution is 2.48. The average Bonchev–Trinajstić information content (AvgIpc) is 3.20. The Hall–Kier alpha value is -2.77. The summed E-state index contributed by atoms with van der Waals surface area (Å²) in [5.41, 5.74) is -0.194. The number of rotatable bonds is 6. The number of carbonyl (C=O) groups excluding carboxylic acids is 2. The molecule has 1 aromatic carbocycles. The molecule has 1 saturated heterocycles. The molecule has 2 aliphatic rings. The van der Waals surface area contributed by atoms with Crippen LogP contribution in [0, 0.1) is 11.3 Å². The number of likely N-dealkylation sites (tertiary alicyclic amines) is 1. The zero-order chi connectivity index (χ0) is 19.4. The quantitative estimate of drug-likeness (QED) is 0.704. The largest absolute Gasteiger partial charge is 0.484 e. The molecule has 0 unspecified atom stereocenters. The van der Waals surface area contributed by atoms with Crippen LogP contribution in [0.5, 0.6) is 5.75 Å². The van der Waals surface area contributed by atoms with Crippen molar-refractivity contribution < 1.29 is 24.2 Å². The minimum atomic E-state index is -0.797. The number of nitrogens with one attached hydrogen (secondary N) is 2. The number of carboxylic acids is 1. The standard InChI is InChI=1S/C19H25N3O5/c1-2-20-16(23)11-27-15-7-5-14(6-8-15)21-18(26)22-10-13-4-3-9-19(13,12-22)17(24)25/h5-8,13H,2-4,9-12H2,1H3,(H,20,23)(H,21,26)(H,24,25)/t13-,19+/m0/s1. The van der Waals surface area contributed by atoms with Gasteiger partial charge in [0.2, 0.25) is 0 Å². The Bertz CT molecular complexity index is 721. The first kappa shape index (κ1) is 19.0. The van der Waals surface area contributed by atoms with E-state index in [1.165, 1.54) is 0 Å². The number of likely N-dealkylation sites (N-methyl/N-ethyl adjacent to an activating group) is 1. The fourth-order valence-corrected chi connectivity index (χ4v) is 4.03. The molecule has 3 N–H and O–H groups in total. The van der Waals surface area contributed by atoms with Crippen molar-refractivity contribution in [3.63, 3.8) is 0 Å². The smallest absolute Gasteiger partial charge is 0.321 e. The first-order valence-electron chi connectivity index (χ1n) is 9.23. The molecule has 3 rings (SSSR count). The van der Waals surface area contributed by atoms with Crippen molar-refractivity contribution in [3.8, 4) is 5.75 Å². The van der Waals surface area contributed by atoms with Crippen molar-refractivity contribution in [1.29, 1.82) is 0 Å². The normalized spacial score (nSPS) is 23.6. The van der Waals surface area contributed by atoms with Crippen LogP contribution < -0.4 is 15.4 Å². The maximum atomic E-state index is 12.5. The van der Waals surface area contributed by atoms with Gasteiger partial charge in [-0.2, -0.15) is 0 Å². The van der Waals surface area contributed by atoms with Crippen LogP contribution >= 0.6 is 0 Å². The summed E-state index contributed by atoms with van der Waals surface area (Å²) >= 11 is 0. The third-order valence-electron chi connectivity index (χ3n) is 5.43. The molecule has 8 heteroatoms. The third kappa shape index (κ3) is 3.99. The van der Waals surface area contributed by atoms with Crippen LogP contribution in [-0.4, -0.2) is 54.2 Å². The predicted molar refractivity (Wildman–Crippen MR) is 98.6 cm³/mol. The first-order valence-corrected chi connectivity index (χ1v) is 9.23. The van der Waals surface area contributed by atoms with Gasteiger partial charge in [0.15, 0.2) is 6.61 Å². The summed E-state index contributed by atoms with van der Waals surface area (Å²) in [5, 5.41) is 15.1. The summed E-state index contributed by atoms with van der Waals surface area (Å²) in [6, 6.07) is 6.43. The topological polar surface area (TPSA) is 108 Å². The van der Waals surface area contributed by atoms with Gasteiger partial charge in [0, 0.05) is 25.3 Å². The third-order valence-corrected chi connectivity index (χ3v) is 5.43. The van der Waals surface area contributed by atoms with Crippen molar-refractivity contribution in [1.82, 2.24) is 10.2 Å².